The number of nitrogens with one attached hydrogen (secondary N) is 2. The molecule has 0 aliphatic heterocycles. The van der Waals surface area contributed by atoms with Gasteiger partial charge in [0.2, 0.25) is 0 Å². The third kappa shape index (κ3) is 3.52. The molecule has 0 spiro atoms. The number of nitrogens with zero attached hydrogens (tertiary/aromatic N) is 3. The Bertz CT molecular complexity index is 1760. The Morgan fingerprint density at radius 2 is 1.83 bits per heavy atom. The van der Waals surface area contributed by atoms with Crippen LogP contribution < -0.4 is 4.74 Å². The van der Waals surface area contributed by atoms with Crippen molar-refractivity contribution in [3.63, 3.8) is 0 Å². The molecule has 3 aromatic heterocycles. The lowest BCUT2D eigenvalue weighted by molar-refractivity contribution is 0.0699. The van der Waals surface area contributed by atoms with Crippen molar-refractivity contribution in [2.45, 2.75) is 20.8 Å². The van der Waals surface area contributed by atoms with E-state index in [0.29, 0.717) is 45.0 Å². The molecule has 5 aromatic rings. The SMILES string of the molecule is COc1cc2c(cc1/C(C(C)=N)=C(\C)O)[nH]c1nc(C)nc(-c3ccc(C(=O)O)c4ncccc34)c12. The Hall–Kier alpha value is -4.79. The van der Waals surface area contributed by atoms with Crippen molar-refractivity contribution in [3.05, 3.63) is 65.3 Å². The molecule has 0 aliphatic carbocycles. The average molecular weight is 482 g/mol. The minimum Gasteiger partial charge on any atom is -0.512 e. The van der Waals surface area contributed by atoms with Gasteiger partial charge in [-0.15, -0.1) is 0 Å². The number of carboxylic acids is 1. The lowest BCUT2D eigenvalue weighted by Crippen LogP contribution is -2.01. The van der Waals surface area contributed by atoms with E-state index in [-0.39, 0.29) is 17.0 Å². The van der Waals surface area contributed by atoms with Crippen LogP contribution >= 0.6 is 0 Å². The van der Waals surface area contributed by atoms with Gasteiger partial charge in [-0.25, -0.2) is 14.8 Å². The largest absolute Gasteiger partial charge is 0.512 e. The fourth-order valence-corrected chi connectivity index (χ4v) is 4.71. The summed E-state index contributed by atoms with van der Waals surface area (Å²) in [7, 11) is 1.54. The second-order valence-electron chi connectivity index (χ2n) is 8.52. The molecular weight excluding hydrogens is 458 g/mol. The number of aliphatic hydroxyl groups is 1. The summed E-state index contributed by atoms with van der Waals surface area (Å²) in [6.07, 6.45) is 1.57. The van der Waals surface area contributed by atoms with Crippen LogP contribution in [0.3, 0.4) is 0 Å². The van der Waals surface area contributed by atoms with Crippen LogP contribution in [0, 0.1) is 12.3 Å². The molecule has 0 saturated carbocycles. The number of H-pyrrole nitrogens is 1. The number of aliphatic hydroxyl groups excluding tert-OH is 1. The predicted molar refractivity (Wildman–Crippen MR) is 139 cm³/mol. The van der Waals surface area contributed by atoms with E-state index < -0.39 is 5.97 Å². The van der Waals surface area contributed by atoms with Crippen LogP contribution in [0.15, 0.2) is 48.4 Å². The number of fused-ring (bicyclic) bond motifs is 4. The Morgan fingerprint density at radius 1 is 1.06 bits per heavy atom. The number of aromatic carboxylic acids is 1. The molecule has 0 bridgehead atoms. The van der Waals surface area contributed by atoms with Gasteiger partial charge < -0.3 is 25.3 Å². The first-order valence-electron chi connectivity index (χ1n) is 11.2. The van der Waals surface area contributed by atoms with Gasteiger partial charge >= 0.3 is 5.97 Å². The lowest BCUT2D eigenvalue weighted by Gasteiger charge is -2.13. The van der Waals surface area contributed by atoms with E-state index in [0.717, 1.165) is 21.9 Å². The van der Waals surface area contributed by atoms with Gasteiger partial charge in [-0.1, -0.05) is 12.1 Å². The molecule has 3 heterocycles. The minimum atomic E-state index is -1.05. The molecule has 5 rings (SSSR count). The molecule has 0 fully saturated rings. The molecule has 0 saturated heterocycles. The minimum absolute atomic E-state index is 0.0186. The predicted octanol–water partition coefficient (Wildman–Crippen LogP) is 5.67. The monoisotopic (exact) mass is 481 g/mol. The highest BCUT2D eigenvalue weighted by Gasteiger charge is 2.22. The Balaban J connectivity index is 1.89. The van der Waals surface area contributed by atoms with E-state index in [9.17, 15) is 15.0 Å². The number of hydrogen-bond acceptors (Lipinski definition) is 7. The molecule has 2 aromatic carbocycles. The smallest absolute Gasteiger partial charge is 0.337 e. The third-order valence-electron chi connectivity index (χ3n) is 6.14. The van der Waals surface area contributed by atoms with E-state index in [1.165, 1.54) is 20.1 Å². The number of carboxylic acid groups (broad SMARTS) is 1. The van der Waals surface area contributed by atoms with Gasteiger partial charge in [0.25, 0.3) is 0 Å². The number of methoxy groups -OCH3 is 1. The van der Waals surface area contributed by atoms with Crippen LogP contribution in [0.1, 0.15) is 35.6 Å². The fourth-order valence-electron chi connectivity index (χ4n) is 4.71. The van der Waals surface area contributed by atoms with Gasteiger partial charge in [-0.2, -0.15) is 0 Å². The van der Waals surface area contributed by atoms with Gasteiger partial charge in [-0.3, -0.25) is 4.98 Å². The van der Waals surface area contributed by atoms with Crippen molar-refractivity contribution in [1.29, 1.82) is 5.41 Å². The number of rotatable bonds is 5. The molecule has 0 aliphatic rings. The maximum absolute atomic E-state index is 11.8. The number of pyridine rings is 1. The van der Waals surface area contributed by atoms with E-state index in [2.05, 4.69) is 15.0 Å². The summed E-state index contributed by atoms with van der Waals surface area (Å²) in [6, 6.07) is 10.5. The Kier molecular flexibility index (Phi) is 5.40. The molecule has 180 valence electrons. The maximum Gasteiger partial charge on any atom is 0.337 e. The highest BCUT2D eigenvalue weighted by Crippen LogP contribution is 2.40. The summed E-state index contributed by atoms with van der Waals surface area (Å²) in [6.45, 7) is 4.94. The molecule has 0 unspecified atom stereocenters. The van der Waals surface area contributed by atoms with Crippen LogP contribution in [0.25, 0.3) is 49.7 Å². The van der Waals surface area contributed by atoms with Crippen molar-refractivity contribution >= 4 is 50.1 Å². The standard InChI is InChI=1S/C27H23N5O4/c1-12(28)22(13(2)33)19-10-20-18(11-21(19)36-4)23-25(30-14(3)31-26(23)32-20)16-7-8-17(27(34)35)24-15(16)6-5-9-29-24/h5-11,28,33H,1-4H3,(H,34,35)(H,30,31,32)/b22-13+,28-12?. The molecule has 4 N–H and O–H groups in total. The van der Waals surface area contributed by atoms with Crippen LogP contribution in [0.4, 0.5) is 0 Å². The average Bonchev–Trinajstić information content (AvgIpc) is 3.18. The first-order valence-corrected chi connectivity index (χ1v) is 11.2. The zero-order valence-electron chi connectivity index (χ0n) is 20.1. The summed E-state index contributed by atoms with van der Waals surface area (Å²) in [4.78, 5) is 28.8. The summed E-state index contributed by atoms with van der Waals surface area (Å²) in [5, 5.41) is 30.3. The number of benzene rings is 2. The zero-order valence-corrected chi connectivity index (χ0v) is 20.1. The number of ether oxygens (including phenoxy) is 1. The fraction of sp³-hybridized carbons (Fsp3) is 0.148. The number of hydrogen-bond donors (Lipinski definition) is 4. The lowest BCUT2D eigenvalue weighted by atomic mass is 9.96. The van der Waals surface area contributed by atoms with Crippen molar-refractivity contribution in [1.82, 2.24) is 19.9 Å². The number of aryl methyl sites for hydroxylation is 1. The van der Waals surface area contributed by atoms with Crippen molar-refractivity contribution in [3.8, 4) is 17.0 Å². The highest BCUT2D eigenvalue weighted by molar-refractivity contribution is 6.24. The summed E-state index contributed by atoms with van der Waals surface area (Å²) in [5.74, 6) is -0.0105. The molecule has 0 amide bonds. The molecular formula is C27H23N5O4. The van der Waals surface area contributed by atoms with Gasteiger partial charge in [0.1, 0.15) is 17.2 Å². The van der Waals surface area contributed by atoms with Crippen LogP contribution in [0.2, 0.25) is 0 Å². The first-order chi connectivity index (χ1) is 17.2. The van der Waals surface area contributed by atoms with Gasteiger partial charge in [0.05, 0.1) is 35.0 Å². The number of allylic oxidation sites excluding steroid dienone is 2. The van der Waals surface area contributed by atoms with Gasteiger partial charge in [-0.05, 0) is 45.0 Å². The van der Waals surface area contributed by atoms with Crippen molar-refractivity contribution < 1.29 is 19.7 Å². The quantitative estimate of drug-likeness (QED) is 0.187. The highest BCUT2D eigenvalue weighted by atomic mass is 16.5. The van der Waals surface area contributed by atoms with E-state index in [1.807, 2.05) is 18.2 Å². The van der Waals surface area contributed by atoms with E-state index >= 15 is 0 Å². The molecule has 36 heavy (non-hydrogen) atoms. The Morgan fingerprint density at radius 3 is 2.50 bits per heavy atom. The molecule has 9 nitrogen and oxygen atoms in total. The number of aromatic amines is 1. The Labute approximate surface area is 205 Å². The van der Waals surface area contributed by atoms with Crippen molar-refractivity contribution in [2.24, 2.45) is 0 Å². The van der Waals surface area contributed by atoms with Crippen LogP contribution in [-0.4, -0.2) is 48.9 Å². The number of carbonyl (C=O) groups is 1. The topological polar surface area (TPSA) is 145 Å². The van der Waals surface area contributed by atoms with Gasteiger partial charge in [0.15, 0.2) is 0 Å². The molecule has 0 atom stereocenters. The molecule has 9 heteroatoms. The van der Waals surface area contributed by atoms with E-state index in [1.54, 1.807) is 32.2 Å². The van der Waals surface area contributed by atoms with Gasteiger partial charge in [0, 0.05) is 44.9 Å². The second-order valence-corrected chi connectivity index (χ2v) is 8.52. The third-order valence-corrected chi connectivity index (χ3v) is 6.14. The maximum atomic E-state index is 11.8. The van der Waals surface area contributed by atoms with Crippen LogP contribution in [-0.2, 0) is 0 Å². The summed E-state index contributed by atoms with van der Waals surface area (Å²) < 4.78 is 5.66. The zero-order chi connectivity index (χ0) is 25.7. The second kappa shape index (κ2) is 8.46. The summed E-state index contributed by atoms with van der Waals surface area (Å²) in [5.41, 5.74) is 4.35. The normalized spacial score (nSPS) is 12.2. The van der Waals surface area contributed by atoms with Crippen LogP contribution in [0.5, 0.6) is 5.75 Å². The summed E-state index contributed by atoms with van der Waals surface area (Å²) >= 11 is 0. The van der Waals surface area contributed by atoms with Crippen molar-refractivity contribution in [2.75, 3.05) is 7.11 Å². The van der Waals surface area contributed by atoms with E-state index in [4.69, 9.17) is 15.1 Å². The number of aromatic nitrogens is 4. The first kappa shape index (κ1) is 23.0. The molecule has 0 radical (unpaired) electrons.